The number of carbonyl (C=O) groups excluding carboxylic acids is 3. The number of imide groups is 1. The summed E-state index contributed by atoms with van der Waals surface area (Å²) in [5.41, 5.74) is 0.129. The predicted molar refractivity (Wildman–Crippen MR) is 115 cm³/mol. The molecule has 2 aromatic carbocycles. The van der Waals surface area contributed by atoms with E-state index in [4.69, 9.17) is 8.92 Å². The summed E-state index contributed by atoms with van der Waals surface area (Å²) in [6.07, 6.45) is 0. The lowest BCUT2D eigenvalue weighted by Crippen LogP contribution is -2.40. The van der Waals surface area contributed by atoms with Gasteiger partial charge in [-0.25, -0.2) is 9.59 Å². The Morgan fingerprint density at radius 3 is 2.44 bits per heavy atom. The molecule has 0 aliphatic carbocycles. The maximum Gasteiger partial charge on any atom is 0.342 e. The Kier molecular flexibility index (Phi) is 6.27. The summed E-state index contributed by atoms with van der Waals surface area (Å²) in [4.78, 5) is 37.6. The fourth-order valence-corrected chi connectivity index (χ4v) is 4.44. The minimum Gasteiger partial charge on any atom is -0.460 e. The molecule has 1 heterocycles. The molecule has 10 heteroatoms. The zero-order valence-corrected chi connectivity index (χ0v) is 19.0. The van der Waals surface area contributed by atoms with Gasteiger partial charge in [-0.1, -0.05) is 24.3 Å². The summed E-state index contributed by atoms with van der Waals surface area (Å²) in [5.74, 6) is -1.46. The van der Waals surface area contributed by atoms with Gasteiger partial charge in [0, 0.05) is 0 Å². The summed E-state index contributed by atoms with van der Waals surface area (Å²) in [5, 5.41) is 2.53. The van der Waals surface area contributed by atoms with Crippen LogP contribution in [0.5, 0.6) is 5.75 Å². The highest BCUT2D eigenvalue weighted by Crippen LogP contribution is 2.26. The summed E-state index contributed by atoms with van der Waals surface area (Å²) in [7, 11) is -4.20. The van der Waals surface area contributed by atoms with Gasteiger partial charge in [-0.05, 0) is 57.0 Å². The third-order valence-electron chi connectivity index (χ3n) is 4.91. The fourth-order valence-electron chi connectivity index (χ4n) is 3.18. The number of nitrogens with zero attached hydrogens (tertiary/aromatic N) is 1. The maximum absolute atomic E-state index is 12.8. The number of aryl methyl sites for hydroxylation is 2. The monoisotopic (exact) mass is 460 g/mol. The number of rotatable bonds is 7. The van der Waals surface area contributed by atoms with E-state index in [9.17, 15) is 22.8 Å². The second-order valence-corrected chi connectivity index (χ2v) is 9.47. The summed E-state index contributed by atoms with van der Waals surface area (Å²) >= 11 is 0. The molecular formula is C22H24N2O7S. The van der Waals surface area contributed by atoms with Crippen LogP contribution in [-0.2, 0) is 19.6 Å². The molecule has 1 fully saturated rings. The molecule has 0 atom stereocenters. The molecule has 0 bridgehead atoms. The van der Waals surface area contributed by atoms with Crippen LogP contribution in [0.15, 0.2) is 47.4 Å². The van der Waals surface area contributed by atoms with E-state index in [1.54, 1.807) is 39.8 Å². The van der Waals surface area contributed by atoms with E-state index in [1.807, 2.05) is 0 Å². The first-order chi connectivity index (χ1) is 14.9. The van der Waals surface area contributed by atoms with E-state index in [0.717, 1.165) is 10.5 Å². The van der Waals surface area contributed by atoms with E-state index in [-0.39, 0.29) is 29.4 Å². The molecule has 170 valence electrons. The van der Waals surface area contributed by atoms with Gasteiger partial charge in [0.1, 0.15) is 22.6 Å². The highest BCUT2D eigenvalue weighted by molar-refractivity contribution is 7.87. The number of hydrogen-bond donors (Lipinski definition) is 1. The van der Waals surface area contributed by atoms with Crippen molar-refractivity contribution in [2.75, 3.05) is 13.2 Å². The van der Waals surface area contributed by atoms with Crippen molar-refractivity contribution in [1.29, 1.82) is 0 Å². The molecule has 0 aromatic heterocycles. The van der Waals surface area contributed by atoms with Crippen LogP contribution in [0.25, 0.3) is 0 Å². The van der Waals surface area contributed by atoms with Crippen molar-refractivity contribution >= 4 is 28.0 Å². The summed E-state index contributed by atoms with van der Waals surface area (Å²) < 4.78 is 36.0. The molecular weight excluding hydrogens is 436 g/mol. The first-order valence-electron chi connectivity index (χ1n) is 9.84. The minimum absolute atomic E-state index is 0.00171. The van der Waals surface area contributed by atoms with E-state index in [0.29, 0.717) is 5.56 Å². The Morgan fingerprint density at radius 1 is 1.09 bits per heavy atom. The average molecular weight is 461 g/mol. The van der Waals surface area contributed by atoms with Crippen LogP contribution >= 0.6 is 0 Å². The maximum atomic E-state index is 12.8. The Labute approximate surface area is 186 Å². The van der Waals surface area contributed by atoms with Crippen LogP contribution in [0.1, 0.15) is 35.3 Å². The van der Waals surface area contributed by atoms with Crippen molar-refractivity contribution in [1.82, 2.24) is 10.2 Å². The van der Waals surface area contributed by atoms with Crippen LogP contribution in [0.3, 0.4) is 0 Å². The smallest absolute Gasteiger partial charge is 0.342 e. The second kappa shape index (κ2) is 8.62. The quantitative estimate of drug-likeness (QED) is 0.383. The largest absolute Gasteiger partial charge is 0.460 e. The molecule has 1 N–H and O–H groups in total. The highest BCUT2D eigenvalue weighted by Gasteiger charge is 2.44. The highest BCUT2D eigenvalue weighted by atomic mass is 32.2. The molecule has 0 saturated carbocycles. The lowest BCUT2D eigenvalue weighted by Gasteiger charge is -2.16. The van der Waals surface area contributed by atoms with Crippen molar-refractivity contribution < 1.29 is 31.7 Å². The van der Waals surface area contributed by atoms with Crippen molar-refractivity contribution in [3.8, 4) is 5.75 Å². The standard InChI is InChI=1S/C22H24N2O7S/c1-14-9-10-15(2)18(13-14)32(28,29)31-17-8-6-5-7-16(17)19(25)30-12-11-24-20(26)22(3,4)23-21(24)27/h5-10,13H,11-12H2,1-4H3,(H,23,27). The fraction of sp³-hybridized carbons (Fsp3) is 0.318. The Balaban J connectivity index is 1.72. The first kappa shape index (κ1) is 23.3. The van der Waals surface area contributed by atoms with Gasteiger partial charge in [0.05, 0.1) is 6.54 Å². The number of hydrogen-bond acceptors (Lipinski definition) is 7. The van der Waals surface area contributed by atoms with Gasteiger partial charge in [0.15, 0.2) is 5.75 Å². The van der Waals surface area contributed by atoms with Crippen LogP contribution < -0.4 is 9.50 Å². The predicted octanol–water partition coefficient (Wildman–Crippen LogP) is 2.56. The van der Waals surface area contributed by atoms with Gasteiger partial charge in [-0.2, -0.15) is 8.42 Å². The lowest BCUT2D eigenvalue weighted by atomic mass is 10.1. The third-order valence-corrected chi connectivity index (χ3v) is 6.29. The Hall–Kier alpha value is -3.40. The molecule has 3 rings (SSSR count). The van der Waals surface area contributed by atoms with Gasteiger partial charge < -0.3 is 14.2 Å². The average Bonchev–Trinajstić information content (AvgIpc) is 2.91. The SMILES string of the molecule is Cc1ccc(C)c(S(=O)(=O)Oc2ccccc2C(=O)OCCN2C(=O)NC(C)(C)C2=O)c1. The van der Waals surface area contributed by atoms with Crippen molar-refractivity contribution in [3.63, 3.8) is 0 Å². The normalized spacial score (nSPS) is 15.4. The molecule has 3 amide bonds. The van der Waals surface area contributed by atoms with E-state index in [1.165, 1.54) is 30.3 Å². The number of amides is 3. The minimum atomic E-state index is -4.20. The molecule has 2 aromatic rings. The van der Waals surface area contributed by atoms with Crippen LogP contribution in [0.2, 0.25) is 0 Å². The topological polar surface area (TPSA) is 119 Å². The number of ether oxygens (including phenoxy) is 1. The van der Waals surface area contributed by atoms with E-state index in [2.05, 4.69) is 5.32 Å². The molecule has 0 spiro atoms. The number of urea groups is 1. The molecule has 1 aliphatic rings. The van der Waals surface area contributed by atoms with E-state index < -0.39 is 33.6 Å². The number of nitrogens with one attached hydrogen (secondary N) is 1. The number of esters is 1. The molecule has 1 saturated heterocycles. The molecule has 32 heavy (non-hydrogen) atoms. The van der Waals surface area contributed by atoms with Gasteiger partial charge in [-0.3, -0.25) is 9.69 Å². The zero-order chi connectivity index (χ0) is 23.7. The molecule has 9 nitrogen and oxygen atoms in total. The molecule has 0 unspecified atom stereocenters. The van der Waals surface area contributed by atoms with Gasteiger partial charge in [0.25, 0.3) is 5.91 Å². The van der Waals surface area contributed by atoms with Crippen molar-refractivity contribution in [2.24, 2.45) is 0 Å². The zero-order valence-electron chi connectivity index (χ0n) is 18.2. The summed E-state index contributed by atoms with van der Waals surface area (Å²) in [6.45, 7) is 6.16. The first-order valence-corrected chi connectivity index (χ1v) is 11.3. The number of carbonyl (C=O) groups is 3. The molecule has 1 aliphatic heterocycles. The van der Waals surface area contributed by atoms with Crippen LogP contribution in [0, 0.1) is 13.8 Å². The van der Waals surface area contributed by atoms with E-state index >= 15 is 0 Å². The molecule has 0 radical (unpaired) electrons. The van der Waals surface area contributed by atoms with Crippen molar-refractivity contribution in [2.45, 2.75) is 38.1 Å². The lowest BCUT2D eigenvalue weighted by molar-refractivity contribution is -0.130. The third kappa shape index (κ3) is 4.75. The summed E-state index contributed by atoms with van der Waals surface area (Å²) in [6, 6.07) is 10.2. The van der Waals surface area contributed by atoms with Gasteiger partial charge in [-0.15, -0.1) is 0 Å². The van der Waals surface area contributed by atoms with Gasteiger partial charge in [0.2, 0.25) is 0 Å². The van der Waals surface area contributed by atoms with Crippen LogP contribution in [0.4, 0.5) is 4.79 Å². The Bertz CT molecular complexity index is 1190. The Morgan fingerprint density at radius 2 is 1.78 bits per heavy atom. The van der Waals surface area contributed by atoms with Gasteiger partial charge >= 0.3 is 22.1 Å². The second-order valence-electron chi connectivity index (χ2n) is 7.95. The number of para-hydroxylation sites is 1. The van der Waals surface area contributed by atoms with Crippen LogP contribution in [-0.4, -0.2) is 49.9 Å². The van der Waals surface area contributed by atoms with Crippen molar-refractivity contribution in [3.05, 3.63) is 59.2 Å². The number of benzene rings is 2.